The van der Waals surface area contributed by atoms with Crippen LogP contribution >= 0.6 is 0 Å². The zero-order valence-electron chi connectivity index (χ0n) is 12.0. The fourth-order valence-electron chi connectivity index (χ4n) is 2.63. The highest BCUT2D eigenvalue weighted by Gasteiger charge is 2.21. The van der Waals surface area contributed by atoms with E-state index in [2.05, 4.69) is 24.3 Å². The van der Waals surface area contributed by atoms with Crippen molar-refractivity contribution in [2.24, 2.45) is 17.6 Å². The van der Waals surface area contributed by atoms with Crippen LogP contribution < -0.4 is 11.1 Å². The summed E-state index contributed by atoms with van der Waals surface area (Å²) in [6.45, 7) is 2.64. The van der Waals surface area contributed by atoms with Crippen LogP contribution in [0.15, 0.2) is 0 Å². The molecule has 1 fully saturated rings. The molecular formula is C14H29N3O. The van der Waals surface area contributed by atoms with Gasteiger partial charge in [-0.3, -0.25) is 4.79 Å². The Morgan fingerprint density at radius 1 is 1.22 bits per heavy atom. The van der Waals surface area contributed by atoms with Gasteiger partial charge in [0.25, 0.3) is 0 Å². The minimum Gasteiger partial charge on any atom is -0.356 e. The maximum absolute atomic E-state index is 11.8. The number of nitrogens with one attached hydrogen (secondary N) is 1. The average Bonchev–Trinajstić information content (AvgIpc) is 2.35. The number of carbonyl (C=O) groups is 1. The molecule has 1 aliphatic carbocycles. The summed E-state index contributed by atoms with van der Waals surface area (Å²) in [5.41, 5.74) is 5.67. The lowest BCUT2D eigenvalue weighted by Gasteiger charge is -2.27. The summed E-state index contributed by atoms with van der Waals surface area (Å²) >= 11 is 0. The Hall–Kier alpha value is -0.610. The summed E-state index contributed by atoms with van der Waals surface area (Å²) in [5.74, 6) is 1.51. The number of hydrogen-bond donors (Lipinski definition) is 2. The van der Waals surface area contributed by atoms with Gasteiger partial charge >= 0.3 is 0 Å². The lowest BCUT2D eigenvalue weighted by atomic mass is 9.80. The lowest BCUT2D eigenvalue weighted by molar-refractivity contribution is -0.122. The Morgan fingerprint density at radius 3 is 2.39 bits per heavy atom. The van der Waals surface area contributed by atoms with Crippen LogP contribution in [-0.4, -0.2) is 44.5 Å². The van der Waals surface area contributed by atoms with Crippen molar-refractivity contribution < 1.29 is 4.79 Å². The van der Waals surface area contributed by atoms with Gasteiger partial charge in [0.15, 0.2) is 0 Å². The number of amides is 1. The van der Waals surface area contributed by atoms with Gasteiger partial charge in [0.2, 0.25) is 5.91 Å². The van der Waals surface area contributed by atoms with E-state index in [-0.39, 0.29) is 5.91 Å². The lowest BCUT2D eigenvalue weighted by Crippen LogP contribution is -2.30. The highest BCUT2D eigenvalue weighted by atomic mass is 16.1. The van der Waals surface area contributed by atoms with Crippen LogP contribution in [0.1, 0.15) is 38.5 Å². The Labute approximate surface area is 111 Å². The van der Waals surface area contributed by atoms with Crippen molar-refractivity contribution >= 4 is 5.91 Å². The van der Waals surface area contributed by atoms with Gasteiger partial charge in [0.05, 0.1) is 0 Å². The first-order chi connectivity index (χ1) is 8.61. The molecular weight excluding hydrogens is 226 g/mol. The van der Waals surface area contributed by atoms with E-state index in [0.717, 1.165) is 26.1 Å². The molecule has 1 saturated carbocycles. The van der Waals surface area contributed by atoms with E-state index in [4.69, 9.17) is 5.73 Å². The summed E-state index contributed by atoms with van der Waals surface area (Å²) in [4.78, 5) is 13.9. The average molecular weight is 255 g/mol. The van der Waals surface area contributed by atoms with Crippen molar-refractivity contribution in [2.75, 3.05) is 33.7 Å². The molecule has 0 bridgehead atoms. The third-order valence-electron chi connectivity index (χ3n) is 3.88. The summed E-state index contributed by atoms with van der Waals surface area (Å²) in [6.07, 6.45) is 6.49. The van der Waals surface area contributed by atoms with E-state index in [9.17, 15) is 4.79 Å². The smallest absolute Gasteiger partial charge is 0.220 e. The van der Waals surface area contributed by atoms with Crippen molar-refractivity contribution in [1.82, 2.24) is 10.2 Å². The summed E-state index contributed by atoms with van der Waals surface area (Å²) in [6, 6.07) is 0. The zero-order chi connectivity index (χ0) is 13.4. The predicted octanol–water partition coefficient (Wildman–Crippen LogP) is 1.21. The first kappa shape index (κ1) is 15.4. The number of nitrogens with zero attached hydrogens (tertiary/aromatic N) is 1. The molecule has 3 N–H and O–H groups in total. The molecule has 0 aromatic heterocycles. The van der Waals surface area contributed by atoms with Gasteiger partial charge in [-0.25, -0.2) is 0 Å². The molecule has 0 radical (unpaired) electrons. The van der Waals surface area contributed by atoms with Crippen molar-refractivity contribution in [1.29, 1.82) is 0 Å². The highest BCUT2D eigenvalue weighted by Crippen LogP contribution is 2.29. The van der Waals surface area contributed by atoms with Crippen LogP contribution in [0.3, 0.4) is 0 Å². The molecule has 0 spiro atoms. The van der Waals surface area contributed by atoms with Gasteiger partial charge in [-0.15, -0.1) is 0 Å². The molecule has 106 valence electrons. The normalized spacial score (nSPS) is 24.2. The van der Waals surface area contributed by atoms with Crippen molar-refractivity contribution in [3.63, 3.8) is 0 Å². The molecule has 1 aliphatic rings. The van der Waals surface area contributed by atoms with Gasteiger partial charge in [-0.05, 0) is 71.1 Å². The van der Waals surface area contributed by atoms with E-state index in [1.54, 1.807) is 0 Å². The largest absolute Gasteiger partial charge is 0.356 e. The van der Waals surface area contributed by atoms with Crippen LogP contribution in [0.4, 0.5) is 0 Å². The molecule has 0 aliphatic heterocycles. The predicted molar refractivity (Wildman–Crippen MR) is 75.3 cm³/mol. The van der Waals surface area contributed by atoms with Gasteiger partial charge < -0.3 is 16.0 Å². The third-order valence-corrected chi connectivity index (χ3v) is 3.88. The van der Waals surface area contributed by atoms with Gasteiger partial charge in [-0.1, -0.05) is 0 Å². The minimum absolute atomic E-state index is 0.227. The zero-order valence-corrected chi connectivity index (χ0v) is 12.0. The molecule has 0 saturated heterocycles. The molecule has 18 heavy (non-hydrogen) atoms. The Bertz CT molecular complexity index is 235. The van der Waals surface area contributed by atoms with Gasteiger partial charge in [0.1, 0.15) is 0 Å². The Kier molecular flexibility index (Phi) is 7.28. The SMILES string of the molecule is CN(C)CCCNC(=O)CC1CCC(CN)CC1. The molecule has 0 heterocycles. The number of hydrogen-bond acceptors (Lipinski definition) is 3. The molecule has 4 nitrogen and oxygen atoms in total. The molecule has 4 heteroatoms. The van der Waals surface area contributed by atoms with E-state index in [1.165, 1.54) is 25.7 Å². The van der Waals surface area contributed by atoms with E-state index >= 15 is 0 Å². The van der Waals surface area contributed by atoms with Crippen LogP contribution in [0.5, 0.6) is 0 Å². The monoisotopic (exact) mass is 255 g/mol. The molecule has 1 rings (SSSR count). The van der Waals surface area contributed by atoms with Gasteiger partial charge in [0, 0.05) is 13.0 Å². The fraction of sp³-hybridized carbons (Fsp3) is 0.929. The van der Waals surface area contributed by atoms with Crippen molar-refractivity contribution in [3.8, 4) is 0 Å². The van der Waals surface area contributed by atoms with E-state index in [1.807, 2.05) is 0 Å². The topological polar surface area (TPSA) is 58.4 Å². The first-order valence-electron chi connectivity index (χ1n) is 7.23. The van der Waals surface area contributed by atoms with Crippen LogP contribution in [0, 0.1) is 11.8 Å². The second kappa shape index (κ2) is 8.48. The number of rotatable bonds is 7. The van der Waals surface area contributed by atoms with Crippen LogP contribution in [0.2, 0.25) is 0 Å². The molecule has 0 atom stereocenters. The van der Waals surface area contributed by atoms with Crippen LogP contribution in [0.25, 0.3) is 0 Å². The maximum atomic E-state index is 11.8. The third kappa shape index (κ3) is 6.36. The Morgan fingerprint density at radius 2 is 1.83 bits per heavy atom. The summed E-state index contributed by atoms with van der Waals surface area (Å²) in [5, 5.41) is 3.02. The first-order valence-corrected chi connectivity index (χ1v) is 7.23. The molecule has 1 amide bonds. The quantitative estimate of drug-likeness (QED) is 0.672. The van der Waals surface area contributed by atoms with Crippen LogP contribution in [-0.2, 0) is 4.79 Å². The number of carbonyl (C=O) groups excluding carboxylic acids is 1. The fourth-order valence-corrected chi connectivity index (χ4v) is 2.63. The summed E-state index contributed by atoms with van der Waals surface area (Å²) in [7, 11) is 4.11. The second-order valence-electron chi connectivity index (χ2n) is 5.83. The van der Waals surface area contributed by atoms with Gasteiger partial charge in [-0.2, -0.15) is 0 Å². The van der Waals surface area contributed by atoms with Crippen molar-refractivity contribution in [3.05, 3.63) is 0 Å². The highest BCUT2D eigenvalue weighted by molar-refractivity contribution is 5.76. The number of nitrogens with two attached hydrogens (primary N) is 1. The maximum Gasteiger partial charge on any atom is 0.220 e. The molecule has 0 aromatic rings. The van der Waals surface area contributed by atoms with E-state index in [0.29, 0.717) is 18.3 Å². The second-order valence-corrected chi connectivity index (χ2v) is 5.83. The van der Waals surface area contributed by atoms with Crippen molar-refractivity contribution in [2.45, 2.75) is 38.5 Å². The minimum atomic E-state index is 0.227. The molecule has 0 unspecified atom stereocenters. The Balaban J connectivity index is 2.06. The molecule has 0 aromatic carbocycles. The standard InChI is InChI=1S/C14H29N3O/c1-17(2)9-3-8-16-14(18)10-12-4-6-13(11-15)7-5-12/h12-13H,3-11,15H2,1-2H3,(H,16,18). The summed E-state index contributed by atoms with van der Waals surface area (Å²) < 4.78 is 0. The van der Waals surface area contributed by atoms with E-state index < -0.39 is 0 Å².